The summed E-state index contributed by atoms with van der Waals surface area (Å²) in [7, 11) is 2.41. The van der Waals surface area contributed by atoms with Crippen LogP contribution in [0.2, 0.25) is 0 Å². The molecule has 0 heterocycles. The summed E-state index contributed by atoms with van der Waals surface area (Å²) in [5, 5.41) is -1.85. The number of methoxy groups -OCH3 is 2. The van der Waals surface area contributed by atoms with Gasteiger partial charge in [-0.05, 0) is 0 Å². The predicted molar refractivity (Wildman–Crippen MR) is 47.9 cm³/mol. The maximum Gasteiger partial charge on any atom is 0.323 e. The molecule has 0 saturated carbocycles. The molecule has 2 atom stereocenters. The Kier molecular flexibility index (Phi) is 5.82. The Hall–Kier alpha value is -0.480. The van der Waals surface area contributed by atoms with Crippen molar-refractivity contribution in [2.24, 2.45) is 0 Å². The van der Waals surface area contributed by atoms with Gasteiger partial charge in [-0.15, -0.1) is 23.2 Å². The second-order valence-electron chi connectivity index (χ2n) is 2.22. The van der Waals surface area contributed by atoms with Crippen LogP contribution in [0, 0.1) is 0 Å². The van der Waals surface area contributed by atoms with E-state index in [1.807, 2.05) is 0 Å². The number of hydrogen-bond donors (Lipinski definition) is 0. The van der Waals surface area contributed by atoms with Crippen molar-refractivity contribution in [2.75, 3.05) is 14.2 Å². The van der Waals surface area contributed by atoms with Crippen LogP contribution in [0.15, 0.2) is 0 Å². The summed E-state index contributed by atoms with van der Waals surface area (Å²) in [4.78, 5) is 21.6. The topological polar surface area (TPSA) is 52.6 Å². The van der Waals surface area contributed by atoms with Crippen LogP contribution in [0.4, 0.5) is 0 Å². The van der Waals surface area contributed by atoms with Gasteiger partial charge in [0.25, 0.3) is 0 Å². The highest BCUT2D eigenvalue weighted by atomic mass is 35.5. The zero-order chi connectivity index (χ0) is 10.4. The van der Waals surface area contributed by atoms with E-state index in [1.54, 1.807) is 0 Å². The first-order valence-electron chi connectivity index (χ1n) is 3.46. The van der Waals surface area contributed by atoms with E-state index in [0.29, 0.717) is 0 Å². The highest BCUT2D eigenvalue weighted by Gasteiger charge is 2.25. The third kappa shape index (κ3) is 4.33. The molecule has 0 saturated heterocycles. The molecule has 0 aliphatic rings. The zero-order valence-electron chi connectivity index (χ0n) is 7.25. The average molecular weight is 229 g/mol. The Balaban J connectivity index is 3.98. The molecule has 0 rings (SSSR count). The normalized spacial score (nSPS) is 14.5. The largest absolute Gasteiger partial charge is 0.468 e. The van der Waals surface area contributed by atoms with Crippen molar-refractivity contribution in [3.63, 3.8) is 0 Å². The van der Waals surface area contributed by atoms with Crippen molar-refractivity contribution < 1.29 is 19.1 Å². The molecular formula is C7H10Cl2O4. The molecule has 13 heavy (non-hydrogen) atoms. The second-order valence-corrected chi connectivity index (χ2v) is 3.27. The van der Waals surface area contributed by atoms with Gasteiger partial charge in [0.15, 0.2) is 0 Å². The number of ether oxygens (including phenoxy) is 2. The Morgan fingerprint density at radius 3 is 1.62 bits per heavy atom. The first kappa shape index (κ1) is 12.5. The van der Waals surface area contributed by atoms with Crippen LogP contribution in [0.3, 0.4) is 0 Å². The number of esters is 2. The first-order chi connectivity index (χ1) is 6.02. The molecule has 0 spiro atoms. The number of carbonyl (C=O) groups is 2. The molecule has 0 fully saturated rings. The molecule has 76 valence electrons. The average Bonchev–Trinajstić information content (AvgIpc) is 2.14. The molecule has 2 unspecified atom stereocenters. The number of alkyl halides is 2. The lowest BCUT2D eigenvalue weighted by Crippen LogP contribution is -2.25. The smallest absolute Gasteiger partial charge is 0.323 e. The molecule has 0 aliphatic heterocycles. The van der Waals surface area contributed by atoms with Crippen LogP contribution in [0.25, 0.3) is 0 Å². The third-order valence-corrected chi connectivity index (χ3v) is 2.04. The number of carbonyl (C=O) groups excluding carboxylic acids is 2. The fourth-order valence-electron chi connectivity index (χ4n) is 0.630. The van der Waals surface area contributed by atoms with Crippen LogP contribution in [-0.4, -0.2) is 36.9 Å². The Morgan fingerprint density at radius 1 is 1.08 bits per heavy atom. The molecule has 0 aliphatic carbocycles. The van der Waals surface area contributed by atoms with Gasteiger partial charge < -0.3 is 9.47 Å². The summed E-state index contributed by atoms with van der Waals surface area (Å²) in [5.74, 6) is -1.23. The maximum absolute atomic E-state index is 10.8. The summed E-state index contributed by atoms with van der Waals surface area (Å²) < 4.78 is 8.69. The van der Waals surface area contributed by atoms with E-state index in [9.17, 15) is 9.59 Å². The summed E-state index contributed by atoms with van der Waals surface area (Å²) in [6, 6.07) is 0. The standard InChI is InChI=1S/C7H10Cl2O4/c1-12-6(10)4(8)3-5(9)7(11)13-2/h4-5H,3H2,1-2H3. The second kappa shape index (κ2) is 6.05. The van der Waals surface area contributed by atoms with Crippen LogP contribution in [0.5, 0.6) is 0 Å². The molecule has 6 heteroatoms. The monoisotopic (exact) mass is 228 g/mol. The van der Waals surface area contributed by atoms with Gasteiger partial charge in [0.05, 0.1) is 14.2 Å². The van der Waals surface area contributed by atoms with Crippen molar-refractivity contribution in [1.82, 2.24) is 0 Å². The van der Waals surface area contributed by atoms with Gasteiger partial charge in [-0.1, -0.05) is 0 Å². The van der Waals surface area contributed by atoms with Crippen LogP contribution in [-0.2, 0) is 19.1 Å². The van der Waals surface area contributed by atoms with Gasteiger partial charge in [-0.2, -0.15) is 0 Å². The van der Waals surface area contributed by atoms with E-state index in [2.05, 4.69) is 9.47 Å². The van der Waals surface area contributed by atoms with Crippen LogP contribution >= 0.6 is 23.2 Å². The van der Waals surface area contributed by atoms with Crippen molar-refractivity contribution in [1.29, 1.82) is 0 Å². The molecule has 0 aromatic carbocycles. The van der Waals surface area contributed by atoms with E-state index in [1.165, 1.54) is 14.2 Å². The Labute approximate surface area is 86.1 Å². The molecule has 0 N–H and O–H groups in total. The Morgan fingerprint density at radius 2 is 1.38 bits per heavy atom. The molecule has 0 amide bonds. The van der Waals surface area contributed by atoms with Crippen molar-refractivity contribution in [3.05, 3.63) is 0 Å². The van der Waals surface area contributed by atoms with E-state index in [-0.39, 0.29) is 6.42 Å². The lowest BCUT2D eigenvalue weighted by molar-refractivity contribution is -0.141. The quantitative estimate of drug-likeness (QED) is 0.531. The van der Waals surface area contributed by atoms with E-state index >= 15 is 0 Å². The fourth-order valence-corrected chi connectivity index (χ4v) is 1.26. The lowest BCUT2D eigenvalue weighted by Gasteiger charge is -2.10. The lowest BCUT2D eigenvalue weighted by atomic mass is 10.2. The molecular weight excluding hydrogens is 219 g/mol. The molecule has 0 aromatic rings. The molecule has 0 radical (unpaired) electrons. The fraction of sp³-hybridized carbons (Fsp3) is 0.714. The summed E-state index contributed by atoms with van der Waals surface area (Å²) in [6.45, 7) is 0. The van der Waals surface area contributed by atoms with Crippen LogP contribution < -0.4 is 0 Å². The van der Waals surface area contributed by atoms with Gasteiger partial charge in [0.1, 0.15) is 10.8 Å². The van der Waals surface area contributed by atoms with Gasteiger partial charge in [-0.3, -0.25) is 9.59 Å². The van der Waals surface area contributed by atoms with Gasteiger partial charge in [0, 0.05) is 6.42 Å². The van der Waals surface area contributed by atoms with Crippen molar-refractivity contribution in [2.45, 2.75) is 17.2 Å². The number of halogens is 2. The minimum absolute atomic E-state index is 0.0115. The Bertz CT molecular complexity index is 175. The minimum atomic E-state index is -0.924. The molecule has 4 nitrogen and oxygen atoms in total. The van der Waals surface area contributed by atoms with E-state index in [0.717, 1.165) is 0 Å². The highest BCUT2D eigenvalue weighted by Crippen LogP contribution is 2.13. The molecule has 0 aromatic heterocycles. The van der Waals surface area contributed by atoms with Gasteiger partial charge in [-0.25, -0.2) is 0 Å². The van der Waals surface area contributed by atoms with E-state index < -0.39 is 22.7 Å². The summed E-state index contributed by atoms with van der Waals surface area (Å²) in [5.41, 5.74) is 0. The first-order valence-corrected chi connectivity index (χ1v) is 4.34. The minimum Gasteiger partial charge on any atom is -0.468 e. The number of hydrogen-bond acceptors (Lipinski definition) is 4. The van der Waals surface area contributed by atoms with E-state index in [4.69, 9.17) is 23.2 Å². The predicted octanol–water partition coefficient (Wildman–Crippen LogP) is 0.937. The summed E-state index contributed by atoms with van der Waals surface area (Å²) >= 11 is 11.1. The summed E-state index contributed by atoms with van der Waals surface area (Å²) in [6.07, 6.45) is -0.0115. The van der Waals surface area contributed by atoms with Crippen LogP contribution in [0.1, 0.15) is 6.42 Å². The van der Waals surface area contributed by atoms with Gasteiger partial charge in [0.2, 0.25) is 0 Å². The maximum atomic E-state index is 10.8. The number of rotatable bonds is 4. The van der Waals surface area contributed by atoms with Crippen molar-refractivity contribution >= 4 is 35.1 Å². The molecule has 0 bridgehead atoms. The third-order valence-electron chi connectivity index (χ3n) is 1.33. The SMILES string of the molecule is COC(=O)C(Cl)CC(Cl)C(=O)OC. The zero-order valence-corrected chi connectivity index (χ0v) is 8.76. The highest BCUT2D eigenvalue weighted by molar-refractivity contribution is 6.33. The van der Waals surface area contributed by atoms with Gasteiger partial charge >= 0.3 is 11.9 Å². The van der Waals surface area contributed by atoms with Crippen molar-refractivity contribution in [3.8, 4) is 0 Å².